The summed E-state index contributed by atoms with van der Waals surface area (Å²) in [5.74, 6) is 0. The second kappa shape index (κ2) is 3.67. The molecule has 4 heteroatoms. The predicted molar refractivity (Wildman–Crippen MR) is 54.9 cm³/mol. The number of fused-ring (bicyclic) bond motifs is 1. The van der Waals surface area contributed by atoms with Gasteiger partial charge in [-0.2, -0.15) is 0 Å². The molecule has 3 nitrogen and oxygen atoms in total. The number of carbonyl (C=O) groups is 1. The SMILES string of the molecule is COC(=O)Oc1cc2ccccc2s1. The molecular formula is C10H8O3S. The zero-order chi connectivity index (χ0) is 9.97. The summed E-state index contributed by atoms with van der Waals surface area (Å²) in [5, 5.41) is 1.62. The molecule has 0 fully saturated rings. The van der Waals surface area contributed by atoms with Crippen molar-refractivity contribution in [3.63, 3.8) is 0 Å². The molecule has 1 aromatic carbocycles. The Labute approximate surface area is 84.9 Å². The van der Waals surface area contributed by atoms with Crippen molar-refractivity contribution >= 4 is 27.6 Å². The van der Waals surface area contributed by atoms with Crippen LogP contribution in [-0.2, 0) is 4.74 Å². The van der Waals surface area contributed by atoms with E-state index in [4.69, 9.17) is 4.74 Å². The van der Waals surface area contributed by atoms with E-state index in [1.807, 2.05) is 30.3 Å². The highest BCUT2D eigenvalue weighted by atomic mass is 32.1. The fourth-order valence-corrected chi connectivity index (χ4v) is 2.04. The third-order valence-corrected chi connectivity index (χ3v) is 2.75. The topological polar surface area (TPSA) is 35.5 Å². The molecule has 14 heavy (non-hydrogen) atoms. The summed E-state index contributed by atoms with van der Waals surface area (Å²) in [7, 11) is 1.29. The van der Waals surface area contributed by atoms with E-state index < -0.39 is 6.16 Å². The van der Waals surface area contributed by atoms with E-state index in [-0.39, 0.29) is 0 Å². The lowest BCUT2D eigenvalue weighted by molar-refractivity contribution is 0.123. The van der Waals surface area contributed by atoms with E-state index in [0.29, 0.717) is 5.06 Å². The summed E-state index contributed by atoms with van der Waals surface area (Å²) in [5.41, 5.74) is 0. The van der Waals surface area contributed by atoms with Gasteiger partial charge in [0.1, 0.15) is 0 Å². The van der Waals surface area contributed by atoms with Crippen molar-refractivity contribution in [3.8, 4) is 5.06 Å². The third-order valence-electron chi connectivity index (χ3n) is 1.75. The van der Waals surface area contributed by atoms with Gasteiger partial charge in [0.2, 0.25) is 0 Å². The van der Waals surface area contributed by atoms with Crippen LogP contribution >= 0.6 is 11.3 Å². The van der Waals surface area contributed by atoms with Gasteiger partial charge in [-0.3, -0.25) is 0 Å². The number of hydrogen-bond acceptors (Lipinski definition) is 4. The standard InChI is InChI=1S/C10H8O3S/c1-12-10(11)13-9-6-7-4-2-3-5-8(7)14-9/h2-6H,1H3. The van der Waals surface area contributed by atoms with Crippen molar-refractivity contribution in [2.75, 3.05) is 7.11 Å². The normalized spacial score (nSPS) is 10.1. The number of hydrogen-bond donors (Lipinski definition) is 0. The van der Waals surface area contributed by atoms with Gasteiger partial charge >= 0.3 is 6.16 Å². The maximum atomic E-state index is 10.8. The highest BCUT2D eigenvalue weighted by molar-refractivity contribution is 7.20. The molecule has 2 rings (SSSR count). The number of benzene rings is 1. The molecule has 0 atom stereocenters. The van der Waals surface area contributed by atoms with Gasteiger partial charge in [0.05, 0.1) is 7.11 Å². The quantitative estimate of drug-likeness (QED) is 0.676. The summed E-state index contributed by atoms with van der Waals surface area (Å²) >= 11 is 1.42. The Balaban J connectivity index is 2.31. The van der Waals surface area contributed by atoms with Crippen molar-refractivity contribution in [1.82, 2.24) is 0 Å². The number of methoxy groups -OCH3 is 1. The first-order chi connectivity index (χ1) is 6.79. The van der Waals surface area contributed by atoms with Crippen molar-refractivity contribution in [2.24, 2.45) is 0 Å². The molecule has 0 saturated heterocycles. The van der Waals surface area contributed by atoms with Crippen LogP contribution in [0.15, 0.2) is 30.3 Å². The molecule has 0 saturated carbocycles. The fourth-order valence-electron chi connectivity index (χ4n) is 1.13. The second-order valence-corrected chi connectivity index (χ2v) is 3.71. The smallest absolute Gasteiger partial charge is 0.437 e. The van der Waals surface area contributed by atoms with Crippen LogP contribution in [0.2, 0.25) is 0 Å². The van der Waals surface area contributed by atoms with Crippen LogP contribution in [0, 0.1) is 0 Å². The lowest BCUT2D eigenvalue weighted by atomic mass is 10.3. The van der Waals surface area contributed by atoms with Crippen LogP contribution in [0.4, 0.5) is 4.79 Å². The summed E-state index contributed by atoms with van der Waals surface area (Å²) in [6.45, 7) is 0. The van der Waals surface area contributed by atoms with Gasteiger partial charge in [-0.15, -0.1) is 0 Å². The molecule has 0 radical (unpaired) electrons. The number of rotatable bonds is 1. The molecule has 1 aromatic heterocycles. The first kappa shape index (κ1) is 9.02. The minimum atomic E-state index is -0.684. The molecule has 2 aromatic rings. The van der Waals surface area contributed by atoms with Crippen LogP contribution in [0.5, 0.6) is 5.06 Å². The molecule has 72 valence electrons. The minimum absolute atomic E-state index is 0.554. The molecule has 0 spiro atoms. The van der Waals surface area contributed by atoms with Crippen LogP contribution in [0.25, 0.3) is 10.1 Å². The molecule has 1 heterocycles. The molecule has 0 aliphatic heterocycles. The molecule has 0 amide bonds. The maximum absolute atomic E-state index is 10.8. The van der Waals surface area contributed by atoms with Gasteiger partial charge in [-0.05, 0) is 11.5 Å². The Hall–Kier alpha value is -1.55. The lowest BCUT2D eigenvalue weighted by Crippen LogP contribution is -2.05. The van der Waals surface area contributed by atoms with Crippen molar-refractivity contribution in [3.05, 3.63) is 30.3 Å². The van der Waals surface area contributed by atoms with E-state index in [9.17, 15) is 4.79 Å². The van der Waals surface area contributed by atoms with Gasteiger partial charge < -0.3 is 9.47 Å². The summed E-state index contributed by atoms with van der Waals surface area (Å²) in [6, 6.07) is 9.65. The largest absolute Gasteiger partial charge is 0.514 e. The zero-order valence-electron chi connectivity index (χ0n) is 7.52. The average molecular weight is 208 g/mol. The zero-order valence-corrected chi connectivity index (χ0v) is 8.34. The van der Waals surface area contributed by atoms with Gasteiger partial charge in [0, 0.05) is 10.8 Å². The van der Waals surface area contributed by atoms with E-state index in [0.717, 1.165) is 10.1 Å². The van der Waals surface area contributed by atoms with Crippen LogP contribution in [0.1, 0.15) is 0 Å². The molecule has 0 aliphatic rings. The molecule has 0 bridgehead atoms. The van der Waals surface area contributed by atoms with Crippen molar-refractivity contribution in [2.45, 2.75) is 0 Å². The Morgan fingerprint density at radius 1 is 1.36 bits per heavy atom. The fraction of sp³-hybridized carbons (Fsp3) is 0.100. The molecule has 0 unspecified atom stereocenters. The molecular weight excluding hydrogens is 200 g/mol. The monoisotopic (exact) mass is 208 g/mol. The summed E-state index contributed by atoms with van der Waals surface area (Å²) in [4.78, 5) is 10.8. The highest BCUT2D eigenvalue weighted by Crippen LogP contribution is 2.31. The first-order valence-electron chi connectivity index (χ1n) is 4.04. The minimum Gasteiger partial charge on any atom is -0.437 e. The Morgan fingerprint density at radius 3 is 2.86 bits per heavy atom. The number of carbonyl (C=O) groups excluding carboxylic acids is 1. The maximum Gasteiger partial charge on any atom is 0.514 e. The van der Waals surface area contributed by atoms with Crippen LogP contribution in [-0.4, -0.2) is 13.3 Å². The van der Waals surface area contributed by atoms with Crippen molar-refractivity contribution < 1.29 is 14.3 Å². The van der Waals surface area contributed by atoms with Crippen LogP contribution < -0.4 is 4.74 Å². The first-order valence-corrected chi connectivity index (χ1v) is 4.85. The van der Waals surface area contributed by atoms with Gasteiger partial charge in [-0.1, -0.05) is 29.5 Å². The second-order valence-electron chi connectivity index (χ2n) is 2.66. The highest BCUT2D eigenvalue weighted by Gasteiger charge is 2.06. The molecule has 0 aliphatic carbocycles. The summed E-state index contributed by atoms with van der Waals surface area (Å²) < 4.78 is 10.4. The Morgan fingerprint density at radius 2 is 2.14 bits per heavy atom. The van der Waals surface area contributed by atoms with Crippen molar-refractivity contribution in [1.29, 1.82) is 0 Å². The van der Waals surface area contributed by atoms with Crippen LogP contribution in [0.3, 0.4) is 0 Å². The summed E-state index contributed by atoms with van der Waals surface area (Å²) in [6.07, 6.45) is -0.684. The van der Waals surface area contributed by atoms with Gasteiger partial charge in [0.15, 0.2) is 5.06 Å². The Kier molecular flexibility index (Phi) is 2.37. The predicted octanol–water partition coefficient (Wildman–Crippen LogP) is 3.05. The molecule has 0 N–H and O–H groups in total. The van der Waals surface area contributed by atoms with Gasteiger partial charge in [0.25, 0.3) is 0 Å². The van der Waals surface area contributed by atoms with E-state index in [1.165, 1.54) is 18.4 Å². The van der Waals surface area contributed by atoms with E-state index in [1.54, 1.807) is 0 Å². The average Bonchev–Trinajstić information content (AvgIpc) is 2.59. The number of ether oxygens (including phenoxy) is 2. The Bertz CT molecular complexity index is 428. The number of thiophene rings is 1. The van der Waals surface area contributed by atoms with E-state index in [2.05, 4.69) is 4.74 Å². The van der Waals surface area contributed by atoms with E-state index >= 15 is 0 Å². The van der Waals surface area contributed by atoms with Gasteiger partial charge in [-0.25, -0.2) is 4.79 Å². The third kappa shape index (κ3) is 1.70. The lowest BCUT2D eigenvalue weighted by Gasteiger charge is -1.96.